The van der Waals surface area contributed by atoms with E-state index in [0.29, 0.717) is 0 Å². The van der Waals surface area contributed by atoms with Gasteiger partial charge in [-0.05, 0) is 73.5 Å². The number of hydrogen-bond acceptors (Lipinski definition) is 1. The van der Waals surface area contributed by atoms with Crippen LogP contribution in [-0.4, -0.2) is 9.67 Å². The van der Waals surface area contributed by atoms with Gasteiger partial charge >= 0.3 is 0 Å². The smallest absolute Gasteiger partial charge is 0.115 e. The summed E-state index contributed by atoms with van der Waals surface area (Å²) in [7, 11) is 0. The van der Waals surface area contributed by atoms with Gasteiger partial charge in [0.1, 0.15) is 5.75 Å². The first-order valence-corrected chi connectivity index (χ1v) is 8.41. The van der Waals surface area contributed by atoms with Gasteiger partial charge in [-0.1, -0.05) is 23.2 Å². The van der Waals surface area contributed by atoms with Crippen molar-refractivity contribution < 1.29 is 5.11 Å². The molecule has 4 rings (SSSR count). The molecule has 4 aromatic rings. The monoisotopic (exact) mass is 355 g/mol. The van der Waals surface area contributed by atoms with Gasteiger partial charge in [-0.15, -0.1) is 0 Å². The second-order valence-electron chi connectivity index (χ2n) is 6.09. The first-order chi connectivity index (χ1) is 11.5. The number of aromatic nitrogens is 1. The number of nitrogens with zero attached hydrogens (tertiary/aromatic N) is 1. The number of phenols is 1. The molecule has 0 atom stereocenters. The molecule has 1 aromatic heterocycles. The largest absolute Gasteiger partial charge is 0.508 e. The van der Waals surface area contributed by atoms with Crippen LogP contribution in [0.3, 0.4) is 0 Å². The molecular formula is C20H15Cl2NO. The summed E-state index contributed by atoms with van der Waals surface area (Å²) in [5.74, 6) is 0.238. The summed E-state index contributed by atoms with van der Waals surface area (Å²) in [5.41, 5.74) is 5.08. The highest BCUT2D eigenvalue weighted by molar-refractivity contribution is 6.33. The van der Waals surface area contributed by atoms with Crippen LogP contribution in [-0.2, 0) is 0 Å². The van der Waals surface area contributed by atoms with E-state index in [1.165, 1.54) is 0 Å². The summed E-state index contributed by atoms with van der Waals surface area (Å²) in [4.78, 5) is 0. The van der Waals surface area contributed by atoms with E-state index in [0.717, 1.165) is 48.7 Å². The highest BCUT2D eigenvalue weighted by Gasteiger charge is 2.15. The zero-order valence-corrected chi connectivity index (χ0v) is 14.8. The lowest BCUT2D eigenvalue weighted by Gasteiger charge is -2.09. The molecule has 0 radical (unpaired) electrons. The molecule has 0 saturated carbocycles. The summed E-state index contributed by atoms with van der Waals surface area (Å²) < 4.78 is 2.13. The van der Waals surface area contributed by atoms with Crippen molar-refractivity contribution in [2.45, 2.75) is 13.8 Å². The minimum atomic E-state index is 0.238. The van der Waals surface area contributed by atoms with Crippen LogP contribution >= 0.6 is 23.2 Å². The molecule has 0 spiro atoms. The van der Waals surface area contributed by atoms with Crippen LogP contribution in [0.5, 0.6) is 5.75 Å². The van der Waals surface area contributed by atoms with Crippen LogP contribution in [0, 0.1) is 13.8 Å². The number of halogens is 2. The van der Waals surface area contributed by atoms with E-state index in [1.54, 1.807) is 12.1 Å². The number of aromatic hydroxyl groups is 1. The standard InChI is InChI=1S/C20H15Cl2NO/c1-11-7-15-16-8-12(2)18(22)10-20(16)23(19(15)9-17(11)21)13-3-5-14(24)6-4-13/h3-10,24H,1-2H3. The van der Waals surface area contributed by atoms with Crippen LogP contribution in [0.25, 0.3) is 27.5 Å². The van der Waals surface area contributed by atoms with Crippen LogP contribution in [0.2, 0.25) is 10.0 Å². The molecule has 4 heteroatoms. The summed E-state index contributed by atoms with van der Waals surface area (Å²) in [5, 5.41) is 13.3. The Balaban J connectivity index is 2.21. The molecule has 0 bridgehead atoms. The van der Waals surface area contributed by atoms with E-state index in [2.05, 4.69) is 16.7 Å². The number of hydrogen-bond donors (Lipinski definition) is 1. The normalized spacial score (nSPS) is 11.5. The van der Waals surface area contributed by atoms with Gasteiger partial charge in [0.15, 0.2) is 0 Å². The highest BCUT2D eigenvalue weighted by Crippen LogP contribution is 2.37. The van der Waals surface area contributed by atoms with Gasteiger partial charge in [0, 0.05) is 26.5 Å². The van der Waals surface area contributed by atoms with E-state index in [9.17, 15) is 5.11 Å². The quantitative estimate of drug-likeness (QED) is 0.419. The predicted molar refractivity (Wildman–Crippen MR) is 102 cm³/mol. The Morgan fingerprint density at radius 3 is 1.67 bits per heavy atom. The van der Waals surface area contributed by atoms with Gasteiger partial charge < -0.3 is 9.67 Å². The first-order valence-electron chi connectivity index (χ1n) is 7.65. The van der Waals surface area contributed by atoms with Gasteiger partial charge in [-0.3, -0.25) is 0 Å². The second kappa shape index (κ2) is 5.44. The molecule has 0 saturated heterocycles. The van der Waals surface area contributed by atoms with E-state index >= 15 is 0 Å². The van der Waals surface area contributed by atoms with Crippen molar-refractivity contribution in [1.29, 1.82) is 0 Å². The highest BCUT2D eigenvalue weighted by atomic mass is 35.5. The third-order valence-electron chi connectivity index (χ3n) is 4.43. The Kier molecular flexibility index (Phi) is 3.48. The molecule has 1 N–H and O–H groups in total. The fraction of sp³-hybridized carbons (Fsp3) is 0.100. The van der Waals surface area contributed by atoms with E-state index in [1.807, 2.05) is 38.1 Å². The average molecular weight is 356 g/mol. The minimum absolute atomic E-state index is 0.238. The van der Waals surface area contributed by atoms with E-state index in [-0.39, 0.29) is 5.75 Å². The molecule has 24 heavy (non-hydrogen) atoms. The number of fused-ring (bicyclic) bond motifs is 3. The lowest BCUT2D eigenvalue weighted by molar-refractivity contribution is 0.475. The number of aryl methyl sites for hydroxylation is 2. The molecule has 120 valence electrons. The molecule has 1 heterocycles. The van der Waals surface area contributed by atoms with Crippen molar-refractivity contribution in [1.82, 2.24) is 4.57 Å². The SMILES string of the molecule is Cc1cc2c3cc(C)c(Cl)cc3n(-c3ccc(O)cc3)c2cc1Cl. The molecule has 3 aromatic carbocycles. The van der Waals surface area contributed by atoms with Crippen molar-refractivity contribution in [3.63, 3.8) is 0 Å². The summed E-state index contributed by atoms with van der Waals surface area (Å²) in [6.07, 6.45) is 0. The molecule has 0 aliphatic carbocycles. The van der Waals surface area contributed by atoms with Crippen molar-refractivity contribution in [3.05, 3.63) is 69.7 Å². The van der Waals surface area contributed by atoms with Crippen LogP contribution in [0.4, 0.5) is 0 Å². The molecule has 0 fully saturated rings. The zero-order valence-electron chi connectivity index (χ0n) is 13.3. The van der Waals surface area contributed by atoms with Crippen LogP contribution in [0.1, 0.15) is 11.1 Å². The average Bonchev–Trinajstić information content (AvgIpc) is 2.82. The van der Waals surface area contributed by atoms with Gasteiger partial charge in [0.25, 0.3) is 0 Å². The van der Waals surface area contributed by atoms with Gasteiger partial charge in [-0.25, -0.2) is 0 Å². The molecule has 2 nitrogen and oxygen atoms in total. The lowest BCUT2D eigenvalue weighted by Crippen LogP contribution is -1.93. The van der Waals surface area contributed by atoms with Crippen molar-refractivity contribution in [2.24, 2.45) is 0 Å². The van der Waals surface area contributed by atoms with Crippen molar-refractivity contribution in [3.8, 4) is 11.4 Å². The Morgan fingerprint density at radius 1 is 0.750 bits per heavy atom. The third kappa shape index (κ3) is 2.26. The Bertz CT molecular complexity index is 1030. The first kappa shape index (κ1) is 15.4. The van der Waals surface area contributed by atoms with E-state index < -0.39 is 0 Å². The molecule has 0 unspecified atom stereocenters. The number of benzene rings is 3. The van der Waals surface area contributed by atoms with Crippen LogP contribution in [0.15, 0.2) is 48.5 Å². The predicted octanol–water partition coefficient (Wildman–Crippen LogP) is 6.41. The maximum absolute atomic E-state index is 9.59. The zero-order chi connectivity index (χ0) is 17.0. The van der Waals surface area contributed by atoms with Gasteiger partial charge in [0.2, 0.25) is 0 Å². The summed E-state index contributed by atoms with van der Waals surface area (Å²) in [6.45, 7) is 4.02. The minimum Gasteiger partial charge on any atom is -0.508 e. The van der Waals surface area contributed by atoms with E-state index in [4.69, 9.17) is 23.2 Å². The Hall–Kier alpha value is -2.16. The Morgan fingerprint density at radius 2 is 1.21 bits per heavy atom. The fourth-order valence-electron chi connectivity index (χ4n) is 3.15. The topological polar surface area (TPSA) is 25.2 Å². The number of rotatable bonds is 1. The van der Waals surface area contributed by atoms with Crippen molar-refractivity contribution >= 4 is 45.0 Å². The number of phenolic OH excluding ortho intramolecular Hbond substituents is 1. The maximum Gasteiger partial charge on any atom is 0.115 e. The summed E-state index contributed by atoms with van der Waals surface area (Å²) in [6, 6.07) is 15.3. The Labute approximate surface area is 149 Å². The maximum atomic E-state index is 9.59. The van der Waals surface area contributed by atoms with Gasteiger partial charge in [0.05, 0.1) is 11.0 Å². The third-order valence-corrected chi connectivity index (χ3v) is 5.25. The molecule has 0 aliphatic heterocycles. The molecular weight excluding hydrogens is 341 g/mol. The van der Waals surface area contributed by atoms with Crippen molar-refractivity contribution in [2.75, 3.05) is 0 Å². The fourth-order valence-corrected chi connectivity index (χ4v) is 3.47. The summed E-state index contributed by atoms with van der Waals surface area (Å²) >= 11 is 12.8. The second-order valence-corrected chi connectivity index (χ2v) is 6.90. The lowest BCUT2D eigenvalue weighted by atomic mass is 10.1. The van der Waals surface area contributed by atoms with Gasteiger partial charge in [-0.2, -0.15) is 0 Å². The molecule has 0 aliphatic rings. The molecule has 0 amide bonds. The van der Waals surface area contributed by atoms with Crippen LogP contribution < -0.4 is 0 Å².